The highest BCUT2D eigenvalue weighted by atomic mass is 32.2. The summed E-state index contributed by atoms with van der Waals surface area (Å²) in [6.07, 6.45) is 4.14. The average molecular weight is 549 g/mol. The fraction of sp³-hybridized carbons (Fsp3) is 0.462. The third kappa shape index (κ3) is 6.12. The Hall–Kier alpha value is -3.12. The lowest BCUT2D eigenvalue weighted by Crippen LogP contribution is -2.42. The first-order valence-electron chi connectivity index (χ1n) is 12.8. The number of hydrogen-bond donors (Lipinski definition) is 2. The Kier molecular flexibility index (Phi) is 7.62. The number of nitrogens with zero attached hydrogens (tertiary/aromatic N) is 4. The van der Waals surface area contributed by atoms with Crippen LogP contribution in [0.1, 0.15) is 37.1 Å². The van der Waals surface area contributed by atoms with Crippen molar-refractivity contribution in [3.8, 4) is 0 Å². The van der Waals surface area contributed by atoms with Crippen LogP contribution < -0.4 is 10.2 Å². The van der Waals surface area contributed by atoms with Crippen molar-refractivity contribution in [1.82, 2.24) is 19.3 Å². The van der Waals surface area contributed by atoms with Crippen LogP contribution in [0.3, 0.4) is 0 Å². The zero-order chi connectivity index (χ0) is 26.8. The van der Waals surface area contributed by atoms with Gasteiger partial charge in [-0.05, 0) is 68.0 Å². The third-order valence-electron chi connectivity index (χ3n) is 7.39. The number of alkyl halides is 3. The minimum atomic E-state index is -4.43. The van der Waals surface area contributed by atoms with Gasteiger partial charge in [0.1, 0.15) is 11.6 Å². The maximum absolute atomic E-state index is 13.2. The fourth-order valence-electron chi connectivity index (χ4n) is 5.15. The minimum Gasteiger partial charge on any atom is -0.372 e. The number of piperidine rings is 2. The number of halogens is 3. The molecular formula is C26H31F3N6O2S. The Morgan fingerprint density at radius 1 is 0.947 bits per heavy atom. The molecule has 12 heteroatoms. The van der Waals surface area contributed by atoms with Crippen molar-refractivity contribution in [2.75, 3.05) is 36.4 Å². The third-order valence-corrected chi connectivity index (χ3v) is 9.30. The van der Waals surface area contributed by atoms with Gasteiger partial charge in [0.25, 0.3) is 0 Å². The molecule has 0 aliphatic carbocycles. The number of anilines is 2. The van der Waals surface area contributed by atoms with Gasteiger partial charge in [0, 0.05) is 62.9 Å². The Morgan fingerprint density at radius 2 is 1.66 bits per heavy atom. The van der Waals surface area contributed by atoms with Crippen LogP contribution in [0.2, 0.25) is 0 Å². The molecule has 0 radical (unpaired) electrons. The summed E-state index contributed by atoms with van der Waals surface area (Å²) in [7, 11) is -3.63. The minimum absolute atomic E-state index is 0.0659. The number of H-pyrrole nitrogens is 1. The van der Waals surface area contributed by atoms with E-state index >= 15 is 0 Å². The van der Waals surface area contributed by atoms with E-state index < -0.39 is 21.8 Å². The molecule has 0 amide bonds. The normalized spacial score (nSPS) is 18.6. The van der Waals surface area contributed by atoms with Crippen LogP contribution in [0.25, 0.3) is 0 Å². The summed E-state index contributed by atoms with van der Waals surface area (Å²) in [4.78, 5) is 13.9. The largest absolute Gasteiger partial charge is 0.417 e. The molecule has 1 aromatic carbocycles. The van der Waals surface area contributed by atoms with Crippen LogP contribution in [0.4, 0.5) is 24.7 Å². The molecule has 2 fully saturated rings. The van der Waals surface area contributed by atoms with E-state index in [9.17, 15) is 21.6 Å². The molecule has 2 aliphatic rings. The van der Waals surface area contributed by atoms with E-state index in [0.717, 1.165) is 56.1 Å². The van der Waals surface area contributed by atoms with Crippen LogP contribution in [0.5, 0.6) is 0 Å². The topological polar surface area (TPSA) is 94.2 Å². The van der Waals surface area contributed by atoms with Crippen LogP contribution in [-0.4, -0.2) is 59.9 Å². The van der Waals surface area contributed by atoms with E-state index in [4.69, 9.17) is 0 Å². The van der Waals surface area contributed by atoms with Gasteiger partial charge in [0.15, 0.2) is 0 Å². The highest BCUT2D eigenvalue weighted by Gasteiger charge is 2.32. The highest BCUT2D eigenvalue weighted by Crippen LogP contribution is 2.30. The summed E-state index contributed by atoms with van der Waals surface area (Å²) < 4.78 is 66.1. The number of aromatic nitrogens is 3. The lowest BCUT2D eigenvalue weighted by Gasteiger charge is -2.34. The quantitative estimate of drug-likeness (QED) is 0.450. The van der Waals surface area contributed by atoms with Gasteiger partial charge in [0.2, 0.25) is 10.0 Å². The van der Waals surface area contributed by atoms with Gasteiger partial charge in [-0.2, -0.15) is 17.5 Å². The molecule has 38 heavy (non-hydrogen) atoms. The number of sulfonamides is 1. The van der Waals surface area contributed by atoms with Crippen molar-refractivity contribution in [2.24, 2.45) is 5.92 Å². The second-order valence-electron chi connectivity index (χ2n) is 9.92. The van der Waals surface area contributed by atoms with Gasteiger partial charge in [-0.3, -0.25) is 0 Å². The van der Waals surface area contributed by atoms with E-state index in [2.05, 4.69) is 25.2 Å². The molecule has 0 atom stereocenters. The summed E-state index contributed by atoms with van der Waals surface area (Å²) in [6.45, 7) is 2.49. The Morgan fingerprint density at radius 3 is 2.24 bits per heavy atom. The van der Waals surface area contributed by atoms with Gasteiger partial charge < -0.3 is 15.2 Å². The Bertz CT molecular complexity index is 1280. The number of rotatable bonds is 7. The molecule has 2 saturated heterocycles. The van der Waals surface area contributed by atoms with Crippen molar-refractivity contribution in [1.29, 1.82) is 0 Å². The number of nitrogens with one attached hydrogen (secondary N) is 2. The van der Waals surface area contributed by atoms with Crippen LogP contribution >= 0.6 is 0 Å². The number of benzene rings is 1. The van der Waals surface area contributed by atoms with E-state index in [-0.39, 0.29) is 10.9 Å². The molecule has 2 aromatic heterocycles. The molecular weight excluding hydrogens is 517 g/mol. The number of pyridine rings is 1. The molecule has 0 spiro atoms. The summed E-state index contributed by atoms with van der Waals surface area (Å²) in [5, 5.41) is 3.12. The zero-order valence-corrected chi connectivity index (χ0v) is 21.7. The van der Waals surface area contributed by atoms with Gasteiger partial charge in [-0.15, -0.1) is 0 Å². The molecule has 5 rings (SSSR count). The summed E-state index contributed by atoms with van der Waals surface area (Å²) in [6, 6.07) is 9.33. The van der Waals surface area contributed by atoms with E-state index in [0.29, 0.717) is 37.7 Å². The number of aromatic amines is 1. The van der Waals surface area contributed by atoms with E-state index in [1.807, 2.05) is 18.3 Å². The van der Waals surface area contributed by atoms with Gasteiger partial charge >= 0.3 is 6.18 Å². The predicted octanol–water partition coefficient (Wildman–Crippen LogP) is 4.55. The standard InChI is InChI=1S/C26H31F3N6O2S/c27-26(28,29)20-1-6-24(32-18-20)33-21-9-15-35(16-10-21)38(36,37)23-4-2-22(3-5-23)34-13-7-19(8-14-34)17-25-30-11-12-31-25/h1-6,11-12,18-19,21H,7-10,13-17H2,(H,30,31)(H,32,33). The molecule has 8 nitrogen and oxygen atoms in total. The van der Waals surface area contributed by atoms with Gasteiger partial charge in [0.05, 0.1) is 10.5 Å². The zero-order valence-electron chi connectivity index (χ0n) is 20.9. The molecule has 2 N–H and O–H groups in total. The van der Waals surface area contributed by atoms with E-state index in [1.54, 1.807) is 18.3 Å². The summed E-state index contributed by atoms with van der Waals surface area (Å²) >= 11 is 0. The summed E-state index contributed by atoms with van der Waals surface area (Å²) in [5.41, 5.74) is 0.219. The van der Waals surface area contributed by atoms with E-state index in [1.165, 1.54) is 10.4 Å². The molecule has 204 valence electrons. The lowest BCUT2D eigenvalue weighted by molar-refractivity contribution is -0.137. The molecule has 0 saturated carbocycles. The molecule has 3 aromatic rings. The first-order valence-corrected chi connectivity index (χ1v) is 14.3. The average Bonchev–Trinajstić information content (AvgIpc) is 3.42. The molecule has 4 heterocycles. The molecule has 0 unspecified atom stereocenters. The van der Waals surface area contributed by atoms with Crippen molar-refractivity contribution >= 4 is 21.5 Å². The fourth-order valence-corrected chi connectivity index (χ4v) is 6.62. The summed E-state index contributed by atoms with van der Waals surface area (Å²) in [5.74, 6) is 1.96. The molecule has 0 bridgehead atoms. The molecule has 2 aliphatic heterocycles. The van der Waals surface area contributed by atoms with Crippen LogP contribution in [0.15, 0.2) is 59.9 Å². The first-order chi connectivity index (χ1) is 18.2. The Labute approximate surface area is 220 Å². The lowest BCUT2D eigenvalue weighted by atomic mass is 9.93. The van der Waals surface area contributed by atoms with Gasteiger partial charge in [-0.1, -0.05) is 0 Å². The van der Waals surface area contributed by atoms with Crippen molar-refractivity contribution in [3.05, 3.63) is 66.4 Å². The number of hydrogen-bond acceptors (Lipinski definition) is 6. The predicted molar refractivity (Wildman–Crippen MR) is 138 cm³/mol. The van der Waals surface area contributed by atoms with Gasteiger partial charge in [-0.25, -0.2) is 18.4 Å². The SMILES string of the molecule is O=S(=O)(c1ccc(N2CCC(Cc3ncc[nH]3)CC2)cc1)N1CCC(Nc2ccc(C(F)(F)F)cn2)CC1. The number of imidazole rings is 1. The van der Waals surface area contributed by atoms with Crippen molar-refractivity contribution < 1.29 is 21.6 Å². The first kappa shape index (κ1) is 26.5. The Balaban J connectivity index is 1.12. The second kappa shape index (κ2) is 10.9. The van der Waals surface area contributed by atoms with Crippen LogP contribution in [0, 0.1) is 5.92 Å². The smallest absolute Gasteiger partial charge is 0.372 e. The van der Waals surface area contributed by atoms with Crippen LogP contribution in [-0.2, 0) is 22.6 Å². The highest BCUT2D eigenvalue weighted by molar-refractivity contribution is 7.89. The second-order valence-corrected chi connectivity index (χ2v) is 11.9. The maximum Gasteiger partial charge on any atom is 0.417 e. The van der Waals surface area contributed by atoms with Crippen molar-refractivity contribution in [2.45, 2.75) is 49.2 Å². The monoisotopic (exact) mass is 548 g/mol. The maximum atomic E-state index is 13.2. The van der Waals surface area contributed by atoms with Crippen molar-refractivity contribution in [3.63, 3.8) is 0 Å².